The smallest absolute Gasteiger partial charge is 0.310 e. The second kappa shape index (κ2) is 6.96. The third kappa shape index (κ3) is 3.33. The van der Waals surface area contributed by atoms with Gasteiger partial charge in [0.2, 0.25) is 0 Å². The number of nitrogens with zero attached hydrogens (tertiary/aromatic N) is 1. The number of ether oxygens (including phenoxy) is 1. The van der Waals surface area contributed by atoms with Gasteiger partial charge in [0.15, 0.2) is 11.9 Å². The minimum atomic E-state index is -0.587. The van der Waals surface area contributed by atoms with Crippen LogP contribution in [0.4, 0.5) is 0 Å². The zero-order valence-electron chi connectivity index (χ0n) is 14.7. The first-order chi connectivity index (χ1) is 12.5. The van der Waals surface area contributed by atoms with Crippen LogP contribution in [0, 0.1) is 5.92 Å². The maximum Gasteiger partial charge on any atom is 0.310 e. The second-order valence-corrected chi connectivity index (χ2v) is 8.79. The Bertz CT molecular complexity index is 1000. The highest BCUT2D eigenvalue weighted by molar-refractivity contribution is 7.18. The lowest BCUT2D eigenvalue weighted by atomic mass is 9.89. The molecule has 7 heteroatoms. The molecule has 0 saturated heterocycles. The number of H-pyrrole nitrogens is 1. The quantitative estimate of drug-likeness (QED) is 0.685. The van der Waals surface area contributed by atoms with E-state index < -0.39 is 6.10 Å². The highest BCUT2D eigenvalue weighted by atomic mass is 32.1. The molecule has 3 aromatic rings. The molecule has 0 spiro atoms. The lowest BCUT2D eigenvalue weighted by molar-refractivity contribution is -0.148. The van der Waals surface area contributed by atoms with Gasteiger partial charge in [-0.2, -0.15) is 11.3 Å². The molecule has 0 amide bonds. The van der Waals surface area contributed by atoms with Crippen molar-refractivity contribution >= 4 is 38.9 Å². The van der Waals surface area contributed by atoms with Crippen LogP contribution in [0.1, 0.15) is 48.2 Å². The zero-order chi connectivity index (χ0) is 18.3. The molecular weight excluding hydrogens is 368 g/mol. The van der Waals surface area contributed by atoms with Gasteiger partial charge in [-0.15, -0.1) is 11.3 Å². The van der Waals surface area contributed by atoms with E-state index >= 15 is 0 Å². The summed E-state index contributed by atoms with van der Waals surface area (Å²) in [5, 5.41) is 4.57. The number of carbonyl (C=O) groups excluding carboxylic acids is 1. The molecule has 0 aromatic carbocycles. The average Bonchev–Trinajstić information content (AvgIpc) is 3.21. The summed E-state index contributed by atoms with van der Waals surface area (Å²) in [5.41, 5.74) is 1.97. The number of nitrogens with one attached hydrogen (secondary N) is 1. The molecule has 1 N–H and O–H groups in total. The molecule has 0 saturated carbocycles. The highest BCUT2D eigenvalue weighted by Crippen LogP contribution is 2.35. The molecule has 0 radical (unpaired) electrons. The standard InChI is InChI=1S/C19H20N2O3S2/c1-10-3-4-13-14(7-10)26-19-16(13)18(23)20-17(21-19)11(2)24-15(22)8-12-5-6-25-9-12/h5-6,9-11H,3-4,7-8H2,1-2H3,(H,20,21,23)/t10-,11+/m0/s1. The van der Waals surface area contributed by atoms with Crippen LogP contribution in [-0.4, -0.2) is 15.9 Å². The Morgan fingerprint density at radius 1 is 1.50 bits per heavy atom. The number of rotatable bonds is 4. The van der Waals surface area contributed by atoms with E-state index in [0.29, 0.717) is 11.7 Å². The molecule has 0 bridgehead atoms. The summed E-state index contributed by atoms with van der Waals surface area (Å²) in [7, 11) is 0. The van der Waals surface area contributed by atoms with E-state index in [1.165, 1.54) is 4.88 Å². The molecule has 3 aromatic heterocycles. The summed E-state index contributed by atoms with van der Waals surface area (Å²) in [6, 6.07) is 1.90. The lowest BCUT2D eigenvalue weighted by Crippen LogP contribution is -2.18. The Kier molecular flexibility index (Phi) is 4.67. The first kappa shape index (κ1) is 17.4. The molecule has 4 rings (SSSR count). The molecule has 2 atom stereocenters. The van der Waals surface area contributed by atoms with Crippen LogP contribution in [0.5, 0.6) is 0 Å². The van der Waals surface area contributed by atoms with E-state index in [2.05, 4.69) is 16.9 Å². The van der Waals surface area contributed by atoms with Crippen molar-refractivity contribution < 1.29 is 9.53 Å². The van der Waals surface area contributed by atoms with Gasteiger partial charge in [0.1, 0.15) is 4.83 Å². The second-order valence-electron chi connectivity index (χ2n) is 6.92. The van der Waals surface area contributed by atoms with Gasteiger partial charge < -0.3 is 9.72 Å². The molecule has 3 heterocycles. The fourth-order valence-electron chi connectivity index (χ4n) is 3.41. The molecule has 5 nitrogen and oxygen atoms in total. The van der Waals surface area contributed by atoms with Crippen molar-refractivity contribution in [3.05, 3.63) is 49.0 Å². The van der Waals surface area contributed by atoms with Crippen molar-refractivity contribution in [2.75, 3.05) is 0 Å². The van der Waals surface area contributed by atoms with Gasteiger partial charge in [-0.05, 0) is 60.1 Å². The van der Waals surface area contributed by atoms with Gasteiger partial charge in [-0.3, -0.25) is 9.59 Å². The first-order valence-corrected chi connectivity index (χ1v) is 10.5. The molecule has 0 aliphatic heterocycles. The van der Waals surface area contributed by atoms with Crippen LogP contribution in [0.3, 0.4) is 0 Å². The van der Waals surface area contributed by atoms with Gasteiger partial charge in [0, 0.05) is 4.88 Å². The minimum Gasteiger partial charge on any atom is -0.454 e. The zero-order valence-corrected chi connectivity index (χ0v) is 16.3. The summed E-state index contributed by atoms with van der Waals surface area (Å²) in [5.74, 6) is 0.733. The number of aromatic nitrogens is 2. The number of carbonyl (C=O) groups is 1. The number of thiophene rings is 2. The first-order valence-electron chi connectivity index (χ1n) is 8.76. The van der Waals surface area contributed by atoms with E-state index in [4.69, 9.17) is 4.74 Å². The number of fused-ring (bicyclic) bond motifs is 3. The van der Waals surface area contributed by atoms with Gasteiger partial charge >= 0.3 is 5.97 Å². The average molecular weight is 389 g/mol. The number of aryl methyl sites for hydroxylation is 1. The Morgan fingerprint density at radius 3 is 3.12 bits per heavy atom. The predicted octanol–water partition coefficient (Wildman–Crippen LogP) is 4.02. The Morgan fingerprint density at radius 2 is 2.35 bits per heavy atom. The SMILES string of the molecule is C[C@H]1CCc2c(sc3nc([C@@H](C)OC(=O)Cc4ccsc4)[nH]c(=O)c23)C1. The van der Waals surface area contributed by atoms with E-state index in [-0.39, 0.29) is 17.9 Å². The molecule has 1 aliphatic rings. The third-order valence-corrected chi connectivity index (χ3v) is 6.69. The summed E-state index contributed by atoms with van der Waals surface area (Å²) >= 11 is 3.15. The van der Waals surface area contributed by atoms with Crippen molar-refractivity contribution in [3.8, 4) is 0 Å². The Labute approximate surface area is 159 Å². The normalized spacial score (nSPS) is 17.8. The van der Waals surface area contributed by atoms with Crippen molar-refractivity contribution in [1.82, 2.24) is 9.97 Å². The topological polar surface area (TPSA) is 72.0 Å². The largest absolute Gasteiger partial charge is 0.454 e. The van der Waals surface area contributed by atoms with Crippen LogP contribution < -0.4 is 5.56 Å². The van der Waals surface area contributed by atoms with E-state index in [0.717, 1.165) is 40.6 Å². The number of hydrogen-bond donors (Lipinski definition) is 1. The van der Waals surface area contributed by atoms with Gasteiger partial charge in [0.05, 0.1) is 11.8 Å². The summed E-state index contributed by atoms with van der Waals surface area (Å²) in [6.07, 6.45) is 2.70. The highest BCUT2D eigenvalue weighted by Gasteiger charge is 2.24. The fourth-order valence-corrected chi connectivity index (χ4v) is 5.47. The monoisotopic (exact) mass is 388 g/mol. The summed E-state index contributed by atoms with van der Waals surface area (Å²) < 4.78 is 5.47. The van der Waals surface area contributed by atoms with Crippen molar-refractivity contribution in [1.29, 1.82) is 0 Å². The Hall–Kier alpha value is -1.99. The number of aromatic amines is 1. The van der Waals surface area contributed by atoms with Crippen molar-refractivity contribution in [2.45, 2.75) is 45.6 Å². The van der Waals surface area contributed by atoms with Crippen LogP contribution in [0.15, 0.2) is 21.6 Å². The summed E-state index contributed by atoms with van der Waals surface area (Å²) in [4.78, 5) is 34.2. The molecule has 136 valence electrons. The van der Waals surface area contributed by atoms with Crippen molar-refractivity contribution in [2.24, 2.45) is 5.92 Å². The van der Waals surface area contributed by atoms with Crippen LogP contribution in [0.25, 0.3) is 10.2 Å². The van der Waals surface area contributed by atoms with Gasteiger partial charge in [-0.1, -0.05) is 6.92 Å². The summed E-state index contributed by atoms with van der Waals surface area (Å²) in [6.45, 7) is 3.98. The maximum absolute atomic E-state index is 12.6. The van der Waals surface area contributed by atoms with Gasteiger partial charge in [-0.25, -0.2) is 4.98 Å². The number of hydrogen-bond acceptors (Lipinski definition) is 6. The van der Waals surface area contributed by atoms with Gasteiger partial charge in [0.25, 0.3) is 5.56 Å². The van der Waals surface area contributed by atoms with Crippen molar-refractivity contribution in [3.63, 3.8) is 0 Å². The Balaban J connectivity index is 1.58. The molecular formula is C19H20N2O3S2. The van der Waals surface area contributed by atoms with E-state index in [1.54, 1.807) is 29.6 Å². The molecule has 0 unspecified atom stereocenters. The molecule has 26 heavy (non-hydrogen) atoms. The fraction of sp³-hybridized carbons (Fsp3) is 0.421. The van der Waals surface area contributed by atoms with Crippen LogP contribution >= 0.6 is 22.7 Å². The third-order valence-electron chi connectivity index (χ3n) is 4.81. The predicted molar refractivity (Wildman–Crippen MR) is 104 cm³/mol. The molecule has 1 aliphatic carbocycles. The maximum atomic E-state index is 12.6. The lowest BCUT2D eigenvalue weighted by Gasteiger charge is -2.17. The number of esters is 1. The molecule has 0 fully saturated rings. The van der Waals surface area contributed by atoms with Crippen LogP contribution in [0.2, 0.25) is 0 Å². The van der Waals surface area contributed by atoms with E-state index in [9.17, 15) is 9.59 Å². The minimum absolute atomic E-state index is 0.127. The van der Waals surface area contributed by atoms with E-state index in [1.807, 2.05) is 16.8 Å². The van der Waals surface area contributed by atoms with Crippen LogP contribution in [-0.2, 0) is 28.8 Å².